The van der Waals surface area contributed by atoms with Crippen LogP contribution in [0.5, 0.6) is 0 Å². The van der Waals surface area contributed by atoms with E-state index in [4.69, 9.17) is 11.6 Å². The van der Waals surface area contributed by atoms with Gasteiger partial charge in [0.1, 0.15) is 6.04 Å². The van der Waals surface area contributed by atoms with Gasteiger partial charge >= 0.3 is 0 Å². The summed E-state index contributed by atoms with van der Waals surface area (Å²) < 4.78 is 0. The lowest BCUT2D eigenvalue weighted by Crippen LogP contribution is -2.56. The van der Waals surface area contributed by atoms with Crippen LogP contribution in [0.4, 0.5) is 5.69 Å². The number of benzene rings is 2. The lowest BCUT2D eigenvalue weighted by molar-refractivity contribution is -0.125. The number of amides is 3. The van der Waals surface area contributed by atoms with E-state index in [1.165, 1.54) is 0 Å². The third kappa shape index (κ3) is 4.10. The summed E-state index contributed by atoms with van der Waals surface area (Å²) in [6.45, 7) is 0.416. The Bertz CT molecular complexity index is 1070. The number of nitrogens with zero attached hydrogens (tertiary/aromatic N) is 1. The summed E-state index contributed by atoms with van der Waals surface area (Å²) >= 11 is 7.68. The predicted octanol–water partition coefficient (Wildman–Crippen LogP) is 2.71. The van der Waals surface area contributed by atoms with Gasteiger partial charge in [-0.25, -0.2) is 0 Å². The fourth-order valence-electron chi connectivity index (χ4n) is 4.48. The van der Waals surface area contributed by atoms with Gasteiger partial charge in [0.2, 0.25) is 11.8 Å². The van der Waals surface area contributed by atoms with Crippen molar-refractivity contribution in [1.29, 1.82) is 0 Å². The summed E-state index contributed by atoms with van der Waals surface area (Å²) in [7, 11) is 0. The number of halogens is 1. The molecule has 32 heavy (non-hydrogen) atoms. The Morgan fingerprint density at radius 3 is 2.66 bits per heavy atom. The zero-order valence-corrected chi connectivity index (χ0v) is 18.8. The van der Waals surface area contributed by atoms with Crippen LogP contribution in [0.3, 0.4) is 0 Å². The Labute approximate surface area is 195 Å². The molecule has 7 nitrogen and oxygen atoms in total. The lowest BCUT2D eigenvalue weighted by Gasteiger charge is -2.37. The van der Waals surface area contributed by atoms with Crippen molar-refractivity contribution in [2.45, 2.75) is 31.0 Å². The minimum atomic E-state index is -0.612. The second-order valence-electron chi connectivity index (χ2n) is 8.27. The highest BCUT2D eigenvalue weighted by Crippen LogP contribution is 2.32. The van der Waals surface area contributed by atoms with Crippen LogP contribution in [0.2, 0.25) is 5.02 Å². The minimum Gasteiger partial charge on any atom is -0.352 e. The summed E-state index contributed by atoms with van der Waals surface area (Å²) in [6, 6.07) is 11.9. The molecule has 3 amide bonds. The van der Waals surface area contributed by atoms with Crippen molar-refractivity contribution in [3.8, 4) is 11.1 Å². The van der Waals surface area contributed by atoms with Crippen molar-refractivity contribution in [3.63, 3.8) is 0 Å². The number of rotatable bonds is 3. The summed E-state index contributed by atoms with van der Waals surface area (Å²) in [5.74, 6) is 1.09. The zero-order chi connectivity index (χ0) is 22.2. The van der Waals surface area contributed by atoms with Crippen LogP contribution in [0.1, 0.15) is 23.2 Å². The van der Waals surface area contributed by atoms with Gasteiger partial charge in [0, 0.05) is 29.2 Å². The summed E-state index contributed by atoms with van der Waals surface area (Å²) in [5.41, 5.74) is 2.81. The average molecular weight is 471 g/mol. The second-order valence-corrected chi connectivity index (χ2v) is 9.74. The number of fused-ring (bicyclic) bond motifs is 2. The molecule has 166 valence electrons. The standard InChI is InChI=1S/C23H23ClN4O3S/c24-15-4-1-13(2-5-15)14-3-6-18-17(9-14)23(31)28-8-7-16(10-20(28)22(30)27-18)26-21(29)19-11-32-12-25-19/h1-6,9,16,19-20,25H,7-8,10-12H2,(H,26,29)(H,27,30). The molecule has 3 aliphatic rings. The van der Waals surface area contributed by atoms with E-state index in [9.17, 15) is 14.4 Å². The van der Waals surface area contributed by atoms with E-state index in [2.05, 4.69) is 16.0 Å². The molecule has 3 aliphatic heterocycles. The Morgan fingerprint density at radius 2 is 1.91 bits per heavy atom. The van der Waals surface area contributed by atoms with Crippen LogP contribution in [-0.2, 0) is 9.59 Å². The first-order valence-corrected chi connectivity index (χ1v) is 12.2. The molecule has 3 atom stereocenters. The van der Waals surface area contributed by atoms with Gasteiger partial charge in [-0.15, -0.1) is 11.8 Å². The van der Waals surface area contributed by atoms with E-state index in [1.54, 1.807) is 34.9 Å². The molecule has 3 unspecified atom stereocenters. The number of hydrogen-bond donors (Lipinski definition) is 3. The molecule has 2 saturated heterocycles. The van der Waals surface area contributed by atoms with Gasteiger partial charge in [-0.05, 0) is 48.2 Å². The molecule has 0 radical (unpaired) electrons. The molecular formula is C23H23ClN4O3S. The van der Waals surface area contributed by atoms with Gasteiger partial charge < -0.3 is 15.5 Å². The molecule has 3 N–H and O–H groups in total. The normalized spacial score (nSPS) is 24.9. The van der Waals surface area contributed by atoms with Gasteiger partial charge in [0.05, 0.1) is 17.3 Å². The minimum absolute atomic E-state index is 0.0373. The van der Waals surface area contributed by atoms with Crippen molar-refractivity contribution in [2.75, 3.05) is 23.5 Å². The maximum absolute atomic E-state index is 13.4. The van der Waals surface area contributed by atoms with E-state index < -0.39 is 6.04 Å². The molecular weight excluding hydrogens is 448 g/mol. The Morgan fingerprint density at radius 1 is 1.12 bits per heavy atom. The molecule has 0 saturated carbocycles. The molecule has 2 aromatic carbocycles. The molecule has 0 bridgehead atoms. The number of nitrogens with one attached hydrogen (secondary N) is 3. The van der Waals surface area contributed by atoms with Gasteiger partial charge in [-0.1, -0.05) is 29.8 Å². The monoisotopic (exact) mass is 470 g/mol. The zero-order valence-electron chi connectivity index (χ0n) is 17.3. The van der Waals surface area contributed by atoms with Crippen molar-refractivity contribution >= 4 is 46.8 Å². The fraction of sp³-hybridized carbons (Fsp3) is 0.348. The summed E-state index contributed by atoms with van der Waals surface area (Å²) in [6.07, 6.45) is 1.02. The van der Waals surface area contributed by atoms with Crippen LogP contribution in [0, 0.1) is 0 Å². The third-order valence-electron chi connectivity index (χ3n) is 6.23. The quantitative estimate of drug-likeness (QED) is 0.641. The number of anilines is 1. The highest BCUT2D eigenvalue weighted by atomic mass is 35.5. The topological polar surface area (TPSA) is 90.5 Å². The first-order chi connectivity index (χ1) is 15.5. The van der Waals surface area contributed by atoms with Crippen molar-refractivity contribution in [2.24, 2.45) is 0 Å². The van der Waals surface area contributed by atoms with Crippen LogP contribution >= 0.6 is 23.4 Å². The number of hydrogen-bond acceptors (Lipinski definition) is 5. The van der Waals surface area contributed by atoms with Gasteiger partial charge in [-0.3, -0.25) is 19.7 Å². The number of carbonyl (C=O) groups excluding carboxylic acids is 3. The van der Waals surface area contributed by atoms with Gasteiger partial charge in [-0.2, -0.15) is 0 Å². The molecule has 2 aromatic rings. The average Bonchev–Trinajstić information content (AvgIpc) is 3.32. The third-order valence-corrected chi connectivity index (χ3v) is 7.42. The fourth-order valence-corrected chi connectivity index (χ4v) is 5.54. The predicted molar refractivity (Wildman–Crippen MR) is 126 cm³/mol. The Balaban J connectivity index is 1.36. The van der Waals surface area contributed by atoms with Crippen molar-refractivity contribution < 1.29 is 14.4 Å². The van der Waals surface area contributed by atoms with E-state index in [0.717, 1.165) is 22.8 Å². The molecule has 3 heterocycles. The highest BCUT2D eigenvalue weighted by molar-refractivity contribution is 7.99. The number of thioether (sulfide) groups is 1. The summed E-state index contributed by atoms with van der Waals surface area (Å²) in [5, 5.41) is 9.79. The first-order valence-electron chi connectivity index (χ1n) is 10.6. The van der Waals surface area contributed by atoms with Crippen LogP contribution < -0.4 is 16.0 Å². The van der Waals surface area contributed by atoms with E-state index in [0.29, 0.717) is 35.7 Å². The molecule has 0 spiro atoms. The molecule has 9 heteroatoms. The first kappa shape index (κ1) is 21.3. The van der Waals surface area contributed by atoms with Gasteiger partial charge in [0.25, 0.3) is 5.91 Å². The summed E-state index contributed by atoms with van der Waals surface area (Å²) in [4.78, 5) is 40.5. The maximum atomic E-state index is 13.4. The van der Waals surface area contributed by atoms with Crippen LogP contribution in [0.15, 0.2) is 42.5 Å². The van der Waals surface area contributed by atoms with Crippen LogP contribution in [0.25, 0.3) is 11.1 Å². The smallest absolute Gasteiger partial charge is 0.256 e. The molecule has 0 aliphatic carbocycles. The van der Waals surface area contributed by atoms with Crippen molar-refractivity contribution in [1.82, 2.24) is 15.5 Å². The largest absolute Gasteiger partial charge is 0.352 e. The van der Waals surface area contributed by atoms with Gasteiger partial charge in [0.15, 0.2) is 0 Å². The van der Waals surface area contributed by atoms with E-state index in [1.807, 2.05) is 24.3 Å². The van der Waals surface area contributed by atoms with E-state index >= 15 is 0 Å². The number of piperidine rings is 1. The highest BCUT2D eigenvalue weighted by Gasteiger charge is 2.40. The Hall–Kier alpha value is -2.55. The molecule has 5 rings (SSSR count). The maximum Gasteiger partial charge on any atom is 0.256 e. The molecule has 0 aromatic heterocycles. The Kier molecular flexibility index (Phi) is 5.84. The number of carbonyl (C=O) groups is 3. The van der Waals surface area contributed by atoms with Crippen LogP contribution in [-0.4, -0.2) is 58.9 Å². The van der Waals surface area contributed by atoms with Crippen molar-refractivity contribution in [3.05, 3.63) is 53.1 Å². The second kappa shape index (κ2) is 8.77. The SMILES string of the molecule is O=C(NC1CCN2C(=O)c3cc(-c4ccc(Cl)cc4)ccc3NC(=O)C2C1)C1CSCN1. The van der Waals surface area contributed by atoms with E-state index in [-0.39, 0.29) is 29.8 Å². The molecule has 2 fully saturated rings. The lowest BCUT2D eigenvalue weighted by atomic mass is 9.95.